The summed E-state index contributed by atoms with van der Waals surface area (Å²) in [6.07, 6.45) is 0.884. The Morgan fingerprint density at radius 1 is 1.12 bits per heavy atom. The highest BCUT2D eigenvalue weighted by Crippen LogP contribution is 2.37. The Hall–Kier alpha value is -2.21. The normalized spacial score (nSPS) is 10.2. The van der Waals surface area contributed by atoms with Crippen LogP contribution in [0.2, 0.25) is 0 Å². The fourth-order valence-corrected chi connectivity index (χ4v) is 2.63. The Bertz CT molecular complexity index is 701. The highest BCUT2D eigenvalue weighted by atomic mass is 79.9. The van der Waals surface area contributed by atoms with E-state index in [4.69, 9.17) is 14.2 Å². The Kier molecular flexibility index (Phi) is 6.49. The summed E-state index contributed by atoms with van der Waals surface area (Å²) in [5.74, 6) is 1.61. The van der Waals surface area contributed by atoms with Crippen LogP contribution in [0.25, 0.3) is 0 Å². The first-order valence-corrected chi connectivity index (χ1v) is 8.34. The quantitative estimate of drug-likeness (QED) is 0.751. The van der Waals surface area contributed by atoms with Gasteiger partial charge in [0.05, 0.1) is 25.3 Å². The van der Waals surface area contributed by atoms with Crippen molar-refractivity contribution >= 4 is 27.5 Å². The number of rotatable bonds is 7. The van der Waals surface area contributed by atoms with Gasteiger partial charge in [-0.2, -0.15) is 0 Å². The van der Waals surface area contributed by atoms with Crippen LogP contribution in [0.3, 0.4) is 0 Å². The number of benzene rings is 2. The van der Waals surface area contributed by atoms with E-state index in [1.165, 1.54) is 0 Å². The summed E-state index contributed by atoms with van der Waals surface area (Å²) in [5, 5.41) is 2.84. The summed E-state index contributed by atoms with van der Waals surface area (Å²) in [5.41, 5.74) is 1.15. The van der Waals surface area contributed by atoms with Crippen LogP contribution in [0.15, 0.2) is 40.9 Å². The van der Waals surface area contributed by atoms with E-state index in [9.17, 15) is 4.79 Å². The maximum absolute atomic E-state index is 12.5. The molecule has 0 aliphatic rings. The second-order valence-electron chi connectivity index (χ2n) is 5.02. The van der Waals surface area contributed by atoms with Crippen molar-refractivity contribution in [2.75, 3.05) is 26.1 Å². The van der Waals surface area contributed by atoms with Crippen LogP contribution < -0.4 is 19.5 Å². The summed E-state index contributed by atoms with van der Waals surface area (Å²) >= 11 is 3.44. The molecule has 5 nitrogen and oxygen atoms in total. The number of anilines is 1. The minimum Gasteiger partial charge on any atom is -0.497 e. The number of nitrogens with one attached hydrogen (secondary N) is 1. The topological polar surface area (TPSA) is 56.8 Å². The van der Waals surface area contributed by atoms with Crippen LogP contribution in [-0.2, 0) is 0 Å². The van der Waals surface area contributed by atoms with Crippen molar-refractivity contribution in [2.45, 2.75) is 13.3 Å². The third kappa shape index (κ3) is 4.41. The molecule has 0 unspecified atom stereocenters. The van der Waals surface area contributed by atoms with Gasteiger partial charge in [0, 0.05) is 11.3 Å². The lowest BCUT2D eigenvalue weighted by molar-refractivity contribution is 0.102. The molecule has 0 spiro atoms. The van der Waals surface area contributed by atoms with Crippen LogP contribution in [-0.4, -0.2) is 26.7 Å². The van der Waals surface area contributed by atoms with E-state index in [1.807, 2.05) is 6.92 Å². The average Bonchev–Trinajstić information content (AvgIpc) is 2.60. The van der Waals surface area contributed by atoms with Gasteiger partial charge in [-0.05, 0) is 58.7 Å². The van der Waals surface area contributed by atoms with Gasteiger partial charge < -0.3 is 19.5 Å². The van der Waals surface area contributed by atoms with Crippen molar-refractivity contribution < 1.29 is 19.0 Å². The molecule has 0 aliphatic heterocycles. The standard InChI is InChI=1S/C18H20BrNO4/c1-4-9-24-17-15(19)10-12(11-16(17)23-3)18(21)20-13-5-7-14(22-2)8-6-13/h5-8,10-11H,4,9H2,1-3H3,(H,20,21). The molecule has 2 rings (SSSR count). The molecular weight excluding hydrogens is 374 g/mol. The Morgan fingerprint density at radius 2 is 1.83 bits per heavy atom. The van der Waals surface area contributed by atoms with Gasteiger partial charge in [0.2, 0.25) is 0 Å². The Labute approximate surface area is 150 Å². The minimum absolute atomic E-state index is 0.235. The van der Waals surface area contributed by atoms with Gasteiger partial charge in [-0.3, -0.25) is 4.79 Å². The smallest absolute Gasteiger partial charge is 0.255 e. The number of carbonyl (C=O) groups excluding carboxylic acids is 1. The van der Waals surface area contributed by atoms with Gasteiger partial charge in [-0.1, -0.05) is 6.92 Å². The fraction of sp³-hybridized carbons (Fsp3) is 0.278. The predicted octanol–water partition coefficient (Wildman–Crippen LogP) is 4.51. The summed E-state index contributed by atoms with van der Waals surface area (Å²) in [6.45, 7) is 2.60. The van der Waals surface area contributed by atoms with Gasteiger partial charge in [0.15, 0.2) is 11.5 Å². The number of amides is 1. The van der Waals surface area contributed by atoms with Crippen LogP contribution in [0.1, 0.15) is 23.7 Å². The number of carbonyl (C=O) groups is 1. The summed E-state index contributed by atoms with van der Waals surface area (Å²) < 4.78 is 16.8. The molecule has 0 saturated heterocycles. The zero-order valence-corrected chi connectivity index (χ0v) is 15.5. The molecule has 0 bridgehead atoms. The molecule has 1 N–H and O–H groups in total. The Balaban J connectivity index is 2.20. The van der Waals surface area contributed by atoms with Crippen LogP contribution >= 0.6 is 15.9 Å². The molecule has 0 saturated carbocycles. The van der Waals surface area contributed by atoms with Crippen LogP contribution in [0.4, 0.5) is 5.69 Å². The lowest BCUT2D eigenvalue weighted by Gasteiger charge is -2.14. The van der Waals surface area contributed by atoms with Crippen LogP contribution in [0, 0.1) is 0 Å². The molecule has 1 amide bonds. The average molecular weight is 394 g/mol. The van der Waals surface area contributed by atoms with Crippen LogP contribution in [0.5, 0.6) is 17.2 Å². The molecule has 6 heteroatoms. The van der Waals surface area contributed by atoms with Gasteiger partial charge in [0.1, 0.15) is 5.75 Å². The first-order valence-electron chi connectivity index (χ1n) is 7.54. The summed E-state index contributed by atoms with van der Waals surface area (Å²) in [4.78, 5) is 12.5. The van der Waals surface area contributed by atoms with Crippen molar-refractivity contribution in [3.63, 3.8) is 0 Å². The molecule has 24 heavy (non-hydrogen) atoms. The van der Waals surface area contributed by atoms with E-state index in [-0.39, 0.29) is 5.91 Å². The third-order valence-electron chi connectivity index (χ3n) is 3.29. The highest BCUT2D eigenvalue weighted by Gasteiger charge is 2.15. The van der Waals surface area contributed by atoms with E-state index in [1.54, 1.807) is 50.6 Å². The van der Waals surface area contributed by atoms with E-state index in [2.05, 4.69) is 21.2 Å². The van der Waals surface area contributed by atoms with Crippen molar-refractivity contribution in [1.29, 1.82) is 0 Å². The molecule has 0 aliphatic carbocycles. The van der Waals surface area contributed by atoms with E-state index < -0.39 is 0 Å². The van der Waals surface area contributed by atoms with E-state index >= 15 is 0 Å². The van der Waals surface area contributed by atoms with Gasteiger partial charge in [-0.25, -0.2) is 0 Å². The molecule has 0 aromatic heterocycles. The first kappa shape index (κ1) is 18.1. The molecular formula is C18H20BrNO4. The lowest BCUT2D eigenvalue weighted by atomic mass is 10.1. The monoisotopic (exact) mass is 393 g/mol. The highest BCUT2D eigenvalue weighted by molar-refractivity contribution is 9.10. The SMILES string of the molecule is CCCOc1c(Br)cc(C(=O)Nc2ccc(OC)cc2)cc1OC. The van der Waals surface area contributed by atoms with Crippen molar-refractivity contribution in [2.24, 2.45) is 0 Å². The molecule has 0 fully saturated rings. The largest absolute Gasteiger partial charge is 0.497 e. The van der Waals surface area contributed by atoms with Gasteiger partial charge in [-0.15, -0.1) is 0 Å². The zero-order chi connectivity index (χ0) is 17.5. The molecule has 0 atom stereocenters. The predicted molar refractivity (Wildman–Crippen MR) is 97.4 cm³/mol. The molecule has 2 aromatic carbocycles. The summed E-state index contributed by atoms with van der Waals surface area (Å²) in [6, 6.07) is 10.5. The number of methoxy groups -OCH3 is 2. The maximum atomic E-state index is 12.5. The Morgan fingerprint density at radius 3 is 2.42 bits per heavy atom. The number of halogens is 1. The first-order chi connectivity index (χ1) is 11.6. The third-order valence-corrected chi connectivity index (χ3v) is 3.88. The van der Waals surface area contributed by atoms with E-state index in [0.29, 0.717) is 33.8 Å². The number of ether oxygens (including phenoxy) is 3. The molecule has 0 heterocycles. The van der Waals surface area contributed by atoms with Gasteiger partial charge >= 0.3 is 0 Å². The maximum Gasteiger partial charge on any atom is 0.255 e. The number of hydrogen-bond acceptors (Lipinski definition) is 4. The molecule has 128 valence electrons. The lowest BCUT2D eigenvalue weighted by Crippen LogP contribution is -2.12. The van der Waals surface area contributed by atoms with Crippen molar-refractivity contribution in [3.05, 3.63) is 46.4 Å². The fourth-order valence-electron chi connectivity index (χ4n) is 2.07. The van der Waals surface area contributed by atoms with Gasteiger partial charge in [0.25, 0.3) is 5.91 Å². The van der Waals surface area contributed by atoms with Crippen molar-refractivity contribution in [1.82, 2.24) is 0 Å². The molecule has 0 radical (unpaired) electrons. The van der Waals surface area contributed by atoms with E-state index in [0.717, 1.165) is 12.2 Å². The van der Waals surface area contributed by atoms with Crippen molar-refractivity contribution in [3.8, 4) is 17.2 Å². The minimum atomic E-state index is -0.235. The second kappa shape index (κ2) is 8.59. The second-order valence-corrected chi connectivity index (χ2v) is 5.87. The zero-order valence-electron chi connectivity index (χ0n) is 13.9. The molecule has 2 aromatic rings. The number of hydrogen-bond donors (Lipinski definition) is 1. The summed E-state index contributed by atoms with van der Waals surface area (Å²) in [7, 11) is 3.14.